The van der Waals surface area contributed by atoms with Crippen molar-refractivity contribution in [1.82, 2.24) is 19.4 Å². The molecule has 25 heavy (non-hydrogen) atoms. The van der Waals surface area contributed by atoms with Crippen molar-refractivity contribution < 1.29 is 9.53 Å². The number of carbonyl (C=O) groups excluding carboxylic acids is 1. The number of fused-ring (bicyclic) bond motifs is 3. The number of nitrogens with zero attached hydrogens (tertiary/aromatic N) is 4. The number of ether oxygens (including phenoxy) is 1. The molecule has 130 valence electrons. The number of thiophene rings is 1. The van der Waals surface area contributed by atoms with Crippen LogP contribution in [0.15, 0.2) is 17.2 Å². The van der Waals surface area contributed by atoms with E-state index in [4.69, 9.17) is 4.74 Å². The summed E-state index contributed by atoms with van der Waals surface area (Å²) >= 11 is 1.34. The molecule has 7 nitrogen and oxygen atoms in total. The number of pyridine rings is 1. The molecule has 1 saturated heterocycles. The second kappa shape index (κ2) is 6.20. The summed E-state index contributed by atoms with van der Waals surface area (Å²) in [4.78, 5) is 36.7. The number of carbonyl (C=O) groups is 1. The minimum Gasteiger partial charge on any atom is -0.378 e. The van der Waals surface area contributed by atoms with Crippen LogP contribution in [-0.2, 0) is 16.1 Å². The molecule has 4 heterocycles. The normalized spacial score (nSPS) is 15.2. The Morgan fingerprint density at radius 1 is 1.32 bits per heavy atom. The van der Waals surface area contributed by atoms with Crippen LogP contribution in [0.3, 0.4) is 0 Å². The summed E-state index contributed by atoms with van der Waals surface area (Å²) in [5.41, 5.74) is 2.46. The van der Waals surface area contributed by atoms with Gasteiger partial charge in [0.2, 0.25) is 5.91 Å². The molecule has 0 aliphatic carbocycles. The van der Waals surface area contributed by atoms with E-state index >= 15 is 0 Å². The largest absolute Gasteiger partial charge is 0.378 e. The maximum atomic E-state index is 12.8. The SMILES string of the molecule is Cc1cc(C)c2c(n1)sc1c(=O)n(CC(=O)N3CCOCC3)cnc12. The molecule has 1 fully saturated rings. The lowest BCUT2D eigenvalue weighted by atomic mass is 10.1. The molecule has 0 N–H and O–H groups in total. The van der Waals surface area contributed by atoms with E-state index in [1.807, 2.05) is 19.9 Å². The van der Waals surface area contributed by atoms with Crippen molar-refractivity contribution in [2.24, 2.45) is 0 Å². The van der Waals surface area contributed by atoms with Crippen molar-refractivity contribution in [2.45, 2.75) is 20.4 Å². The van der Waals surface area contributed by atoms with Gasteiger partial charge in [-0.1, -0.05) is 0 Å². The van der Waals surface area contributed by atoms with Gasteiger partial charge >= 0.3 is 0 Å². The Kier molecular flexibility index (Phi) is 4.01. The van der Waals surface area contributed by atoms with Gasteiger partial charge in [0.25, 0.3) is 5.56 Å². The van der Waals surface area contributed by atoms with E-state index in [0.717, 1.165) is 21.5 Å². The molecule has 1 aliphatic heterocycles. The fourth-order valence-corrected chi connectivity index (χ4v) is 4.37. The number of rotatable bonds is 2. The van der Waals surface area contributed by atoms with E-state index in [0.29, 0.717) is 36.5 Å². The van der Waals surface area contributed by atoms with Gasteiger partial charge in [-0.25, -0.2) is 9.97 Å². The van der Waals surface area contributed by atoms with Crippen LogP contribution in [0.4, 0.5) is 0 Å². The van der Waals surface area contributed by atoms with Crippen molar-refractivity contribution in [3.05, 3.63) is 34.0 Å². The summed E-state index contributed by atoms with van der Waals surface area (Å²) in [7, 11) is 0. The zero-order chi connectivity index (χ0) is 17.6. The second-order valence-electron chi connectivity index (χ2n) is 6.21. The van der Waals surface area contributed by atoms with Crippen LogP contribution >= 0.6 is 11.3 Å². The highest BCUT2D eigenvalue weighted by atomic mass is 32.1. The molecule has 1 aliphatic rings. The molecule has 1 amide bonds. The molecule has 3 aromatic rings. The predicted octanol–water partition coefficient (Wildman–Crippen LogP) is 1.48. The van der Waals surface area contributed by atoms with Gasteiger partial charge in [-0.15, -0.1) is 11.3 Å². The number of hydrogen-bond acceptors (Lipinski definition) is 6. The molecule has 3 aromatic heterocycles. The third kappa shape index (κ3) is 2.81. The Labute approximate surface area is 147 Å². The van der Waals surface area contributed by atoms with E-state index in [-0.39, 0.29) is 18.0 Å². The average molecular weight is 358 g/mol. The van der Waals surface area contributed by atoms with Crippen LogP contribution in [0.25, 0.3) is 20.4 Å². The number of aromatic nitrogens is 3. The molecular formula is C17H18N4O3S. The standard InChI is InChI=1S/C17H18N4O3S/c1-10-7-11(2)19-16-13(10)14-15(25-16)17(23)21(9-18-14)8-12(22)20-3-5-24-6-4-20/h7,9H,3-6,8H2,1-2H3. The smallest absolute Gasteiger partial charge is 0.271 e. The van der Waals surface area contributed by atoms with Gasteiger partial charge in [-0.05, 0) is 25.5 Å². The van der Waals surface area contributed by atoms with Crippen LogP contribution in [0.2, 0.25) is 0 Å². The predicted molar refractivity (Wildman–Crippen MR) is 96.1 cm³/mol. The molecule has 0 radical (unpaired) electrons. The van der Waals surface area contributed by atoms with Gasteiger partial charge in [-0.2, -0.15) is 0 Å². The summed E-state index contributed by atoms with van der Waals surface area (Å²) in [6, 6.07) is 1.99. The minimum absolute atomic E-state index is 0.00145. The Hall–Kier alpha value is -2.32. The number of morpholine rings is 1. The zero-order valence-corrected chi connectivity index (χ0v) is 14.9. The summed E-state index contributed by atoms with van der Waals surface area (Å²) < 4.78 is 7.19. The lowest BCUT2D eigenvalue weighted by molar-refractivity contribution is -0.135. The third-order valence-electron chi connectivity index (χ3n) is 4.41. The first-order valence-corrected chi connectivity index (χ1v) is 8.97. The topological polar surface area (TPSA) is 77.3 Å². The maximum absolute atomic E-state index is 12.8. The molecule has 0 bridgehead atoms. The van der Waals surface area contributed by atoms with Crippen LogP contribution in [0, 0.1) is 13.8 Å². The molecule has 0 aromatic carbocycles. The summed E-state index contributed by atoms with van der Waals surface area (Å²) in [6.07, 6.45) is 1.47. The quantitative estimate of drug-likeness (QED) is 0.693. The Morgan fingerprint density at radius 3 is 2.84 bits per heavy atom. The van der Waals surface area contributed by atoms with Crippen molar-refractivity contribution in [3.8, 4) is 0 Å². The van der Waals surface area contributed by atoms with E-state index in [1.165, 1.54) is 22.2 Å². The average Bonchev–Trinajstić information content (AvgIpc) is 2.97. The number of hydrogen-bond donors (Lipinski definition) is 0. The van der Waals surface area contributed by atoms with Crippen molar-refractivity contribution >= 4 is 37.7 Å². The van der Waals surface area contributed by atoms with Gasteiger partial charge in [0, 0.05) is 24.2 Å². The van der Waals surface area contributed by atoms with Crippen molar-refractivity contribution in [3.63, 3.8) is 0 Å². The van der Waals surface area contributed by atoms with E-state index in [9.17, 15) is 9.59 Å². The van der Waals surface area contributed by atoms with Crippen LogP contribution in [0.1, 0.15) is 11.3 Å². The Morgan fingerprint density at radius 2 is 2.08 bits per heavy atom. The molecule has 0 unspecified atom stereocenters. The first kappa shape index (κ1) is 16.2. The lowest BCUT2D eigenvalue weighted by Gasteiger charge is -2.26. The second-order valence-corrected chi connectivity index (χ2v) is 7.21. The number of aryl methyl sites for hydroxylation is 2. The fourth-order valence-electron chi connectivity index (χ4n) is 3.17. The van der Waals surface area contributed by atoms with Gasteiger partial charge < -0.3 is 9.64 Å². The molecule has 0 atom stereocenters. The van der Waals surface area contributed by atoms with Gasteiger partial charge in [0.05, 0.1) is 25.1 Å². The summed E-state index contributed by atoms with van der Waals surface area (Å²) in [5, 5.41) is 0.925. The van der Waals surface area contributed by atoms with Crippen LogP contribution in [-0.4, -0.2) is 51.6 Å². The van der Waals surface area contributed by atoms with Gasteiger partial charge in [0.1, 0.15) is 16.1 Å². The number of amides is 1. The van der Waals surface area contributed by atoms with Crippen molar-refractivity contribution in [1.29, 1.82) is 0 Å². The summed E-state index contributed by atoms with van der Waals surface area (Å²) in [6.45, 7) is 6.14. The molecule has 4 rings (SSSR count). The van der Waals surface area contributed by atoms with E-state index in [1.54, 1.807) is 4.90 Å². The Balaban J connectivity index is 1.75. The highest BCUT2D eigenvalue weighted by molar-refractivity contribution is 7.25. The molecule has 0 spiro atoms. The van der Waals surface area contributed by atoms with Crippen LogP contribution < -0.4 is 5.56 Å². The van der Waals surface area contributed by atoms with E-state index in [2.05, 4.69) is 9.97 Å². The molecular weight excluding hydrogens is 340 g/mol. The minimum atomic E-state index is -0.188. The van der Waals surface area contributed by atoms with Crippen LogP contribution in [0.5, 0.6) is 0 Å². The van der Waals surface area contributed by atoms with Crippen molar-refractivity contribution in [2.75, 3.05) is 26.3 Å². The lowest BCUT2D eigenvalue weighted by Crippen LogP contribution is -2.43. The zero-order valence-electron chi connectivity index (χ0n) is 14.1. The Bertz CT molecular complexity index is 1030. The van der Waals surface area contributed by atoms with Gasteiger partial charge in [-0.3, -0.25) is 14.2 Å². The van der Waals surface area contributed by atoms with Gasteiger partial charge in [0.15, 0.2) is 0 Å². The fraction of sp³-hybridized carbons (Fsp3) is 0.412. The molecule has 0 saturated carbocycles. The monoisotopic (exact) mass is 358 g/mol. The van der Waals surface area contributed by atoms with E-state index < -0.39 is 0 Å². The third-order valence-corrected chi connectivity index (χ3v) is 5.47. The highest BCUT2D eigenvalue weighted by Gasteiger charge is 2.19. The highest BCUT2D eigenvalue weighted by Crippen LogP contribution is 2.31. The first-order valence-electron chi connectivity index (χ1n) is 8.16. The first-order chi connectivity index (χ1) is 12.0. The summed E-state index contributed by atoms with van der Waals surface area (Å²) in [5.74, 6) is -0.0854. The molecule has 8 heteroatoms. The maximum Gasteiger partial charge on any atom is 0.271 e.